The van der Waals surface area contributed by atoms with Crippen LogP contribution in [0.25, 0.3) is 0 Å². The molecule has 7 nitrogen and oxygen atoms in total. The monoisotopic (exact) mass is 355 g/mol. The average molecular weight is 355 g/mol. The van der Waals surface area contributed by atoms with Crippen molar-refractivity contribution in [1.29, 1.82) is 0 Å². The predicted octanol–water partition coefficient (Wildman–Crippen LogP) is 2.03. The van der Waals surface area contributed by atoms with E-state index in [4.69, 9.17) is 9.47 Å². The van der Waals surface area contributed by atoms with Gasteiger partial charge in [-0.1, -0.05) is 24.3 Å². The standard InChI is InChI=1S/C19H21N3O4/c1-13(14-8-10-16(25-2)11-9-14)21-18(23)19(24)22-20-12-15-6-4-5-7-17(15)26-3/h4-13H,1-3H3,(H,21,23)(H,22,24)/b20-12-/t13-/m0/s1. The summed E-state index contributed by atoms with van der Waals surface area (Å²) in [5, 5.41) is 6.41. The van der Waals surface area contributed by atoms with E-state index in [0.29, 0.717) is 11.3 Å². The Labute approximate surface area is 152 Å². The van der Waals surface area contributed by atoms with Crippen molar-refractivity contribution in [3.63, 3.8) is 0 Å². The van der Waals surface area contributed by atoms with Gasteiger partial charge in [-0.3, -0.25) is 9.59 Å². The quantitative estimate of drug-likeness (QED) is 0.471. The van der Waals surface area contributed by atoms with Crippen molar-refractivity contribution in [2.24, 2.45) is 5.10 Å². The van der Waals surface area contributed by atoms with Gasteiger partial charge in [0.25, 0.3) is 0 Å². The highest BCUT2D eigenvalue weighted by Crippen LogP contribution is 2.17. The molecule has 2 rings (SSSR count). The minimum atomic E-state index is -0.850. The first-order chi connectivity index (χ1) is 12.5. The SMILES string of the molecule is COc1ccc([C@H](C)NC(=O)C(=O)N/N=C\c2ccccc2OC)cc1. The summed E-state index contributed by atoms with van der Waals surface area (Å²) in [5.41, 5.74) is 3.73. The minimum absolute atomic E-state index is 0.336. The van der Waals surface area contributed by atoms with Crippen LogP contribution in [0.1, 0.15) is 24.1 Å². The number of benzene rings is 2. The highest BCUT2D eigenvalue weighted by Gasteiger charge is 2.16. The van der Waals surface area contributed by atoms with Crippen molar-refractivity contribution in [3.8, 4) is 11.5 Å². The molecule has 0 unspecified atom stereocenters. The van der Waals surface area contributed by atoms with Gasteiger partial charge in [0.2, 0.25) is 0 Å². The molecule has 0 spiro atoms. The van der Waals surface area contributed by atoms with Gasteiger partial charge in [-0.15, -0.1) is 0 Å². The van der Waals surface area contributed by atoms with Crippen molar-refractivity contribution in [1.82, 2.24) is 10.7 Å². The molecular formula is C19H21N3O4. The van der Waals surface area contributed by atoms with Gasteiger partial charge in [0, 0.05) is 5.56 Å². The van der Waals surface area contributed by atoms with Crippen LogP contribution in [-0.2, 0) is 9.59 Å². The van der Waals surface area contributed by atoms with Gasteiger partial charge in [-0.25, -0.2) is 5.43 Å². The Bertz CT molecular complexity index is 788. The second-order valence-corrected chi connectivity index (χ2v) is 5.41. The highest BCUT2D eigenvalue weighted by molar-refractivity contribution is 6.35. The molecule has 1 atom stereocenters. The summed E-state index contributed by atoms with van der Waals surface area (Å²) in [6, 6.07) is 14.1. The molecule has 0 heterocycles. The van der Waals surface area contributed by atoms with E-state index >= 15 is 0 Å². The maximum absolute atomic E-state index is 12.0. The molecule has 0 aliphatic carbocycles. The number of nitrogens with one attached hydrogen (secondary N) is 2. The number of carbonyl (C=O) groups is 2. The zero-order valence-corrected chi connectivity index (χ0v) is 14.9. The lowest BCUT2D eigenvalue weighted by Gasteiger charge is -2.13. The molecule has 2 N–H and O–H groups in total. The van der Waals surface area contributed by atoms with Crippen LogP contribution in [-0.4, -0.2) is 32.2 Å². The normalized spacial score (nSPS) is 11.7. The Morgan fingerprint density at radius 2 is 1.69 bits per heavy atom. The highest BCUT2D eigenvalue weighted by atomic mass is 16.5. The Morgan fingerprint density at radius 1 is 1.00 bits per heavy atom. The summed E-state index contributed by atoms with van der Waals surface area (Å²) >= 11 is 0. The number of amides is 2. The van der Waals surface area contributed by atoms with Crippen LogP contribution in [0, 0.1) is 0 Å². The molecular weight excluding hydrogens is 334 g/mol. The number of para-hydroxylation sites is 1. The zero-order valence-electron chi connectivity index (χ0n) is 14.9. The van der Waals surface area contributed by atoms with E-state index in [-0.39, 0.29) is 6.04 Å². The van der Waals surface area contributed by atoms with Crippen LogP contribution in [0.2, 0.25) is 0 Å². The van der Waals surface area contributed by atoms with Gasteiger partial charge in [0.05, 0.1) is 26.5 Å². The van der Waals surface area contributed by atoms with Crippen LogP contribution >= 0.6 is 0 Å². The number of hydrogen-bond donors (Lipinski definition) is 2. The molecule has 0 saturated heterocycles. The summed E-state index contributed by atoms with van der Waals surface area (Å²) in [6.07, 6.45) is 1.41. The smallest absolute Gasteiger partial charge is 0.329 e. The number of hydrogen-bond acceptors (Lipinski definition) is 5. The van der Waals surface area contributed by atoms with E-state index < -0.39 is 11.8 Å². The summed E-state index contributed by atoms with van der Waals surface area (Å²) in [5.74, 6) is -0.291. The molecule has 0 bridgehead atoms. The number of methoxy groups -OCH3 is 2. The fourth-order valence-corrected chi connectivity index (χ4v) is 2.22. The Balaban J connectivity index is 1.90. The lowest BCUT2D eigenvalue weighted by molar-refractivity contribution is -0.139. The fourth-order valence-electron chi connectivity index (χ4n) is 2.22. The first kappa shape index (κ1) is 19.0. The molecule has 0 aromatic heterocycles. The lowest BCUT2D eigenvalue weighted by Crippen LogP contribution is -2.39. The molecule has 7 heteroatoms. The summed E-state index contributed by atoms with van der Waals surface area (Å²) < 4.78 is 10.3. The third-order valence-electron chi connectivity index (χ3n) is 3.68. The van der Waals surface area contributed by atoms with E-state index in [9.17, 15) is 9.59 Å². The molecule has 0 aliphatic rings. The van der Waals surface area contributed by atoms with Crippen molar-refractivity contribution in [2.45, 2.75) is 13.0 Å². The number of hydrazone groups is 1. The first-order valence-corrected chi connectivity index (χ1v) is 7.96. The molecule has 2 aromatic carbocycles. The third kappa shape index (κ3) is 5.07. The Hall–Kier alpha value is -3.35. The van der Waals surface area contributed by atoms with Gasteiger partial charge in [0.1, 0.15) is 11.5 Å². The Morgan fingerprint density at radius 3 is 2.35 bits per heavy atom. The van der Waals surface area contributed by atoms with E-state index in [1.165, 1.54) is 6.21 Å². The molecule has 0 aliphatic heterocycles. The van der Waals surface area contributed by atoms with Crippen molar-refractivity contribution in [2.75, 3.05) is 14.2 Å². The predicted molar refractivity (Wildman–Crippen MR) is 98.3 cm³/mol. The fraction of sp³-hybridized carbons (Fsp3) is 0.211. The summed E-state index contributed by atoms with van der Waals surface area (Å²) in [4.78, 5) is 23.8. The van der Waals surface area contributed by atoms with Crippen LogP contribution in [0.15, 0.2) is 53.6 Å². The summed E-state index contributed by atoms with van der Waals surface area (Å²) in [6.45, 7) is 1.78. The number of rotatable bonds is 6. The molecule has 2 aromatic rings. The number of nitrogens with zero attached hydrogens (tertiary/aromatic N) is 1. The lowest BCUT2D eigenvalue weighted by atomic mass is 10.1. The topological polar surface area (TPSA) is 89.0 Å². The maximum Gasteiger partial charge on any atom is 0.329 e. The van der Waals surface area contributed by atoms with E-state index in [1.807, 2.05) is 24.3 Å². The molecule has 0 radical (unpaired) electrons. The molecule has 26 heavy (non-hydrogen) atoms. The second-order valence-electron chi connectivity index (χ2n) is 5.41. The first-order valence-electron chi connectivity index (χ1n) is 7.96. The van der Waals surface area contributed by atoms with Crippen molar-refractivity contribution in [3.05, 3.63) is 59.7 Å². The molecule has 0 saturated carbocycles. The van der Waals surface area contributed by atoms with Gasteiger partial charge >= 0.3 is 11.8 Å². The minimum Gasteiger partial charge on any atom is -0.497 e. The van der Waals surface area contributed by atoms with Crippen molar-refractivity contribution < 1.29 is 19.1 Å². The van der Waals surface area contributed by atoms with E-state index in [2.05, 4.69) is 15.8 Å². The van der Waals surface area contributed by atoms with Crippen LogP contribution in [0.5, 0.6) is 11.5 Å². The summed E-state index contributed by atoms with van der Waals surface area (Å²) in [7, 11) is 3.12. The largest absolute Gasteiger partial charge is 0.497 e. The van der Waals surface area contributed by atoms with Crippen LogP contribution in [0.4, 0.5) is 0 Å². The Kier molecular flexibility index (Phi) is 6.73. The van der Waals surface area contributed by atoms with Gasteiger partial charge < -0.3 is 14.8 Å². The van der Waals surface area contributed by atoms with E-state index in [1.54, 1.807) is 45.4 Å². The zero-order chi connectivity index (χ0) is 18.9. The maximum atomic E-state index is 12.0. The van der Waals surface area contributed by atoms with E-state index in [0.717, 1.165) is 11.3 Å². The molecule has 136 valence electrons. The number of carbonyl (C=O) groups excluding carboxylic acids is 2. The third-order valence-corrected chi connectivity index (χ3v) is 3.68. The van der Waals surface area contributed by atoms with Crippen LogP contribution in [0.3, 0.4) is 0 Å². The van der Waals surface area contributed by atoms with Gasteiger partial charge in [0.15, 0.2) is 0 Å². The van der Waals surface area contributed by atoms with Gasteiger partial charge in [-0.05, 0) is 36.8 Å². The van der Waals surface area contributed by atoms with Crippen molar-refractivity contribution >= 4 is 18.0 Å². The van der Waals surface area contributed by atoms with Gasteiger partial charge in [-0.2, -0.15) is 5.10 Å². The molecule has 2 amide bonds. The number of ether oxygens (including phenoxy) is 2. The molecule has 0 fully saturated rings. The average Bonchev–Trinajstić information content (AvgIpc) is 2.68. The van der Waals surface area contributed by atoms with Crippen LogP contribution < -0.4 is 20.2 Å². The second kappa shape index (κ2) is 9.22.